The van der Waals surface area contributed by atoms with Crippen molar-refractivity contribution < 1.29 is 9.90 Å². The van der Waals surface area contributed by atoms with Gasteiger partial charge in [-0.25, -0.2) is 0 Å². The van der Waals surface area contributed by atoms with E-state index in [1.54, 1.807) is 0 Å². The number of rotatable bonds is 5. The standard InChI is InChI=1S/C14H27NO2/c1-9(2)7-13(14(16)17)15-12-6-5-10(3)11(4)8-12/h9-13,15H,5-8H2,1-4H3,(H,16,17). The minimum Gasteiger partial charge on any atom is -0.480 e. The zero-order valence-corrected chi connectivity index (χ0v) is 11.6. The van der Waals surface area contributed by atoms with Crippen molar-refractivity contribution in [3.63, 3.8) is 0 Å². The summed E-state index contributed by atoms with van der Waals surface area (Å²) in [6.07, 6.45) is 4.17. The number of nitrogens with one attached hydrogen (secondary N) is 1. The molecular weight excluding hydrogens is 214 g/mol. The Bertz CT molecular complexity index is 253. The van der Waals surface area contributed by atoms with Crippen molar-refractivity contribution in [3.05, 3.63) is 0 Å². The monoisotopic (exact) mass is 241 g/mol. The molecule has 1 saturated carbocycles. The maximum atomic E-state index is 11.2. The molecule has 3 nitrogen and oxygen atoms in total. The lowest BCUT2D eigenvalue weighted by Gasteiger charge is -2.34. The first-order valence-corrected chi connectivity index (χ1v) is 6.89. The molecular formula is C14H27NO2. The highest BCUT2D eigenvalue weighted by Crippen LogP contribution is 2.29. The summed E-state index contributed by atoms with van der Waals surface area (Å²) in [6.45, 7) is 8.72. The lowest BCUT2D eigenvalue weighted by Crippen LogP contribution is -2.46. The normalized spacial score (nSPS) is 31.5. The van der Waals surface area contributed by atoms with E-state index in [9.17, 15) is 9.90 Å². The predicted octanol–water partition coefficient (Wildman–Crippen LogP) is 2.90. The van der Waals surface area contributed by atoms with Gasteiger partial charge in [0.2, 0.25) is 0 Å². The van der Waals surface area contributed by atoms with E-state index in [2.05, 4.69) is 33.0 Å². The first-order chi connectivity index (χ1) is 7.90. The zero-order valence-electron chi connectivity index (χ0n) is 11.6. The van der Waals surface area contributed by atoms with Gasteiger partial charge in [0.05, 0.1) is 0 Å². The SMILES string of the molecule is CC(C)CC(NC1CCC(C)C(C)C1)C(=O)O. The maximum absolute atomic E-state index is 11.2. The highest BCUT2D eigenvalue weighted by Gasteiger charge is 2.28. The molecule has 3 heteroatoms. The molecule has 1 aliphatic carbocycles. The summed E-state index contributed by atoms with van der Waals surface area (Å²) in [4.78, 5) is 11.2. The second-order valence-corrected chi connectivity index (χ2v) is 6.15. The van der Waals surface area contributed by atoms with Gasteiger partial charge in [0.25, 0.3) is 0 Å². The molecule has 4 unspecified atom stereocenters. The van der Waals surface area contributed by atoms with Gasteiger partial charge in [0.15, 0.2) is 0 Å². The van der Waals surface area contributed by atoms with Crippen LogP contribution in [0.25, 0.3) is 0 Å². The molecule has 1 fully saturated rings. The topological polar surface area (TPSA) is 49.3 Å². The van der Waals surface area contributed by atoms with Gasteiger partial charge in [-0.3, -0.25) is 4.79 Å². The fraction of sp³-hybridized carbons (Fsp3) is 0.929. The highest BCUT2D eigenvalue weighted by molar-refractivity contribution is 5.73. The first-order valence-electron chi connectivity index (χ1n) is 6.89. The van der Waals surface area contributed by atoms with Crippen molar-refractivity contribution >= 4 is 5.97 Å². The summed E-state index contributed by atoms with van der Waals surface area (Å²) in [5, 5.41) is 12.5. The minimum atomic E-state index is -0.704. The van der Waals surface area contributed by atoms with Crippen molar-refractivity contribution in [2.45, 2.75) is 65.5 Å². The van der Waals surface area contributed by atoms with Crippen LogP contribution in [0.4, 0.5) is 0 Å². The van der Waals surface area contributed by atoms with Crippen LogP contribution in [0.15, 0.2) is 0 Å². The third-order valence-electron chi connectivity index (χ3n) is 4.04. The summed E-state index contributed by atoms with van der Waals surface area (Å²) < 4.78 is 0. The molecule has 1 aliphatic rings. The third kappa shape index (κ3) is 4.66. The Balaban J connectivity index is 2.47. The van der Waals surface area contributed by atoms with Gasteiger partial charge in [0.1, 0.15) is 6.04 Å². The minimum absolute atomic E-state index is 0.374. The van der Waals surface area contributed by atoms with Crippen LogP contribution in [0.3, 0.4) is 0 Å². The first kappa shape index (κ1) is 14.5. The lowest BCUT2D eigenvalue weighted by atomic mass is 9.79. The number of hydrogen-bond acceptors (Lipinski definition) is 2. The number of aliphatic carboxylic acids is 1. The number of carbonyl (C=O) groups is 1. The molecule has 100 valence electrons. The second kappa shape index (κ2) is 6.39. The van der Waals surface area contributed by atoms with Crippen molar-refractivity contribution in [2.75, 3.05) is 0 Å². The maximum Gasteiger partial charge on any atom is 0.320 e. The molecule has 4 atom stereocenters. The Morgan fingerprint density at radius 3 is 2.41 bits per heavy atom. The molecule has 0 bridgehead atoms. The van der Waals surface area contributed by atoms with Gasteiger partial charge in [-0.1, -0.05) is 27.7 Å². The van der Waals surface area contributed by atoms with E-state index < -0.39 is 5.97 Å². The van der Waals surface area contributed by atoms with Gasteiger partial charge in [-0.15, -0.1) is 0 Å². The molecule has 0 aromatic rings. The number of hydrogen-bond donors (Lipinski definition) is 2. The van der Waals surface area contributed by atoms with Gasteiger partial charge >= 0.3 is 5.97 Å². The fourth-order valence-electron chi connectivity index (χ4n) is 2.69. The average Bonchev–Trinajstić information content (AvgIpc) is 2.21. The van der Waals surface area contributed by atoms with Crippen LogP contribution in [-0.2, 0) is 4.79 Å². The number of carboxylic acid groups (broad SMARTS) is 1. The molecule has 0 amide bonds. The summed E-state index contributed by atoms with van der Waals surface area (Å²) in [5.41, 5.74) is 0. The van der Waals surface area contributed by atoms with Crippen LogP contribution in [-0.4, -0.2) is 23.2 Å². The molecule has 0 radical (unpaired) electrons. The Morgan fingerprint density at radius 1 is 1.29 bits per heavy atom. The van der Waals surface area contributed by atoms with Crippen LogP contribution in [0.5, 0.6) is 0 Å². The lowest BCUT2D eigenvalue weighted by molar-refractivity contribution is -0.140. The molecule has 0 aromatic carbocycles. The molecule has 1 rings (SSSR count). The van der Waals surface area contributed by atoms with Crippen LogP contribution >= 0.6 is 0 Å². The smallest absolute Gasteiger partial charge is 0.320 e. The Hall–Kier alpha value is -0.570. The van der Waals surface area contributed by atoms with E-state index in [4.69, 9.17) is 0 Å². The Labute approximate surface area is 105 Å². The van der Waals surface area contributed by atoms with E-state index in [1.165, 1.54) is 6.42 Å². The van der Waals surface area contributed by atoms with E-state index in [1.807, 2.05) is 0 Å². The van der Waals surface area contributed by atoms with Crippen molar-refractivity contribution in [1.82, 2.24) is 5.32 Å². The average molecular weight is 241 g/mol. The fourth-order valence-corrected chi connectivity index (χ4v) is 2.69. The Morgan fingerprint density at radius 2 is 1.94 bits per heavy atom. The summed E-state index contributed by atoms with van der Waals surface area (Å²) in [7, 11) is 0. The van der Waals surface area contributed by atoms with Crippen LogP contribution < -0.4 is 5.32 Å². The predicted molar refractivity (Wildman–Crippen MR) is 70.0 cm³/mol. The van der Waals surface area contributed by atoms with E-state index in [-0.39, 0.29) is 6.04 Å². The molecule has 0 aliphatic heterocycles. The summed E-state index contributed by atoms with van der Waals surface area (Å²) in [6, 6.07) is 0.0154. The molecule has 0 spiro atoms. The van der Waals surface area contributed by atoms with E-state index >= 15 is 0 Å². The van der Waals surface area contributed by atoms with Gasteiger partial charge in [-0.05, 0) is 43.4 Å². The van der Waals surface area contributed by atoms with Gasteiger partial charge in [-0.2, -0.15) is 0 Å². The summed E-state index contributed by atoms with van der Waals surface area (Å²) >= 11 is 0. The van der Waals surface area contributed by atoms with Crippen LogP contribution in [0.1, 0.15) is 53.4 Å². The quantitative estimate of drug-likeness (QED) is 0.778. The summed E-state index contributed by atoms with van der Waals surface area (Å²) in [5.74, 6) is 1.20. The molecule has 0 saturated heterocycles. The van der Waals surface area contributed by atoms with Crippen LogP contribution in [0.2, 0.25) is 0 Å². The third-order valence-corrected chi connectivity index (χ3v) is 4.04. The van der Waals surface area contributed by atoms with Crippen molar-refractivity contribution in [1.29, 1.82) is 0 Å². The van der Waals surface area contributed by atoms with Crippen molar-refractivity contribution in [2.24, 2.45) is 17.8 Å². The Kier molecular flexibility index (Phi) is 5.44. The molecule has 2 N–H and O–H groups in total. The number of carboxylic acids is 1. The van der Waals surface area contributed by atoms with Crippen molar-refractivity contribution in [3.8, 4) is 0 Å². The molecule has 0 heterocycles. The van der Waals surface area contributed by atoms with Gasteiger partial charge < -0.3 is 10.4 Å². The van der Waals surface area contributed by atoms with E-state index in [0.29, 0.717) is 17.9 Å². The molecule has 0 aromatic heterocycles. The second-order valence-electron chi connectivity index (χ2n) is 6.15. The van der Waals surface area contributed by atoms with Crippen LogP contribution in [0, 0.1) is 17.8 Å². The largest absolute Gasteiger partial charge is 0.480 e. The van der Waals surface area contributed by atoms with Gasteiger partial charge in [0, 0.05) is 6.04 Å². The highest BCUT2D eigenvalue weighted by atomic mass is 16.4. The zero-order chi connectivity index (χ0) is 13.0. The van der Waals surface area contributed by atoms with E-state index in [0.717, 1.165) is 25.2 Å². The molecule has 17 heavy (non-hydrogen) atoms.